The number of hydrogen-bond acceptors (Lipinski definition) is 4. The Morgan fingerprint density at radius 3 is 2.11 bits per heavy atom. The largest absolute Gasteiger partial charge is 0.293 e. The van der Waals surface area contributed by atoms with Crippen LogP contribution in [0.25, 0.3) is 0 Å². The zero-order valence-corrected chi connectivity index (χ0v) is 16.2. The number of Topliss-reactive ketones (excluding diaryl/α,β-unsaturated/α-hetero) is 2. The molecule has 27 heavy (non-hydrogen) atoms. The van der Waals surface area contributed by atoms with E-state index in [4.69, 9.17) is 0 Å². The molecular formula is C23H18O2S2. The maximum Gasteiger partial charge on any atom is 0.199 e. The molecule has 2 nitrogen and oxygen atoms in total. The van der Waals surface area contributed by atoms with Crippen molar-refractivity contribution < 1.29 is 9.59 Å². The first-order chi connectivity index (χ1) is 13.2. The number of thioether (sulfide) groups is 1. The Labute approximate surface area is 166 Å². The minimum atomic E-state index is -0.293. The van der Waals surface area contributed by atoms with Crippen LogP contribution in [0.3, 0.4) is 0 Å². The van der Waals surface area contributed by atoms with Gasteiger partial charge in [-0.15, -0.1) is 23.1 Å². The van der Waals surface area contributed by atoms with Gasteiger partial charge in [0.05, 0.1) is 10.2 Å². The van der Waals surface area contributed by atoms with Crippen molar-refractivity contribution >= 4 is 34.7 Å². The highest BCUT2D eigenvalue weighted by Gasteiger charge is 2.36. The molecule has 0 aliphatic carbocycles. The van der Waals surface area contributed by atoms with E-state index in [2.05, 4.69) is 6.07 Å². The molecule has 0 fully saturated rings. The summed E-state index contributed by atoms with van der Waals surface area (Å²) < 4.78 is 0. The molecular weight excluding hydrogens is 372 g/mol. The lowest BCUT2D eigenvalue weighted by atomic mass is 9.92. The predicted molar refractivity (Wildman–Crippen MR) is 113 cm³/mol. The van der Waals surface area contributed by atoms with Crippen LogP contribution in [0.2, 0.25) is 0 Å². The fraction of sp³-hybridized carbons (Fsp3) is 0.130. The van der Waals surface area contributed by atoms with Gasteiger partial charge in [0.1, 0.15) is 0 Å². The maximum absolute atomic E-state index is 13.3. The highest BCUT2D eigenvalue weighted by Crippen LogP contribution is 2.44. The van der Waals surface area contributed by atoms with Gasteiger partial charge >= 0.3 is 0 Å². The van der Waals surface area contributed by atoms with Gasteiger partial charge in [-0.05, 0) is 17.9 Å². The monoisotopic (exact) mass is 390 g/mol. The fourth-order valence-electron chi connectivity index (χ4n) is 3.27. The Bertz CT molecular complexity index is 960. The van der Waals surface area contributed by atoms with Gasteiger partial charge in [-0.1, -0.05) is 72.8 Å². The van der Waals surface area contributed by atoms with Gasteiger partial charge in [-0.2, -0.15) is 0 Å². The van der Waals surface area contributed by atoms with Crippen LogP contribution in [0.5, 0.6) is 0 Å². The first-order valence-electron chi connectivity index (χ1n) is 8.83. The summed E-state index contributed by atoms with van der Waals surface area (Å²) in [5.41, 5.74) is 1.36. The molecule has 0 N–H and O–H groups in total. The second-order valence-corrected chi connectivity index (χ2v) is 8.55. The number of rotatable bonds is 5. The molecule has 0 spiro atoms. The summed E-state index contributed by atoms with van der Waals surface area (Å²) in [4.78, 5) is 28.0. The Hall–Kier alpha value is -2.43. The van der Waals surface area contributed by atoms with Gasteiger partial charge in [0.15, 0.2) is 11.6 Å². The number of allylic oxidation sites excluding steroid dienone is 2. The van der Waals surface area contributed by atoms with E-state index in [1.807, 2.05) is 78.2 Å². The van der Waals surface area contributed by atoms with Gasteiger partial charge in [0, 0.05) is 21.9 Å². The normalized spacial score (nSPS) is 19.3. The lowest BCUT2D eigenvalue weighted by Gasteiger charge is -2.29. The quantitative estimate of drug-likeness (QED) is 0.502. The smallest absolute Gasteiger partial charge is 0.199 e. The lowest BCUT2D eigenvalue weighted by Crippen LogP contribution is -2.28. The van der Waals surface area contributed by atoms with E-state index in [1.54, 1.807) is 11.3 Å². The molecule has 4 heteroatoms. The maximum atomic E-state index is 13.3. The molecule has 4 rings (SSSR count). The second-order valence-electron chi connectivity index (χ2n) is 6.39. The summed E-state index contributed by atoms with van der Waals surface area (Å²) in [5, 5.41) is 1.75. The summed E-state index contributed by atoms with van der Waals surface area (Å²) in [7, 11) is 0. The Morgan fingerprint density at radius 1 is 0.815 bits per heavy atom. The zero-order chi connectivity index (χ0) is 18.6. The molecule has 0 saturated heterocycles. The van der Waals surface area contributed by atoms with Crippen LogP contribution in [0.4, 0.5) is 0 Å². The minimum absolute atomic E-state index is 0.00362. The summed E-state index contributed by atoms with van der Waals surface area (Å²) in [6.07, 6.45) is 2.70. The first kappa shape index (κ1) is 18.0. The zero-order valence-electron chi connectivity index (χ0n) is 14.6. The number of benzene rings is 2. The van der Waals surface area contributed by atoms with E-state index >= 15 is 0 Å². The molecule has 2 aromatic carbocycles. The molecule has 1 aliphatic heterocycles. The molecule has 0 bridgehead atoms. The highest BCUT2D eigenvalue weighted by molar-refractivity contribution is 8.05. The number of hydrogen-bond donors (Lipinski definition) is 0. The Balaban J connectivity index is 1.67. The van der Waals surface area contributed by atoms with Crippen LogP contribution >= 0.6 is 23.1 Å². The van der Waals surface area contributed by atoms with Crippen molar-refractivity contribution in [2.45, 2.75) is 17.6 Å². The van der Waals surface area contributed by atoms with Crippen molar-refractivity contribution in [2.75, 3.05) is 0 Å². The van der Waals surface area contributed by atoms with Gasteiger partial charge in [-0.25, -0.2) is 0 Å². The molecule has 0 amide bonds. The van der Waals surface area contributed by atoms with E-state index in [9.17, 15) is 9.59 Å². The van der Waals surface area contributed by atoms with Gasteiger partial charge in [0.25, 0.3) is 0 Å². The molecule has 0 unspecified atom stereocenters. The Morgan fingerprint density at radius 2 is 1.48 bits per heavy atom. The number of carbonyl (C=O) groups is 2. The number of ketones is 2. The van der Waals surface area contributed by atoms with Crippen LogP contribution in [0.15, 0.2) is 89.2 Å². The third kappa shape index (κ3) is 3.82. The van der Waals surface area contributed by atoms with Crippen LogP contribution in [0.1, 0.15) is 37.9 Å². The van der Waals surface area contributed by atoms with Crippen molar-refractivity contribution in [3.8, 4) is 0 Å². The van der Waals surface area contributed by atoms with Gasteiger partial charge in [0.2, 0.25) is 0 Å². The summed E-state index contributed by atoms with van der Waals surface area (Å²) in [5.74, 6) is 0.177. The van der Waals surface area contributed by atoms with Crippen LogP contribution in [-0.4, -0.2) is 16.8 Å². The van der Waals surface area contributed by atoms with Gasteiger partial charge in [-0.3, -0.25) is 9.59 Å². The van der Waals surface area contributed by atoms with Gasteiger partial charge < -0.3 is 0 Å². The van der Waals surface area contributed by atoms with E-state index in [1.165, 1.54) is 16.6 Å². The molecule has 1 aliphatic rings. The lowest BCUT2D eigenvalue weighted by molar-refractivity contribution is 0.0981. The average Bonchev–Trinajstić information content (AvgIpc) is 3.28. The van der Waals surface area contributed by atoms with Crippen molar-refractivity contribution in [1.82, 2.24) is 0 Å². The molecule has 0 saturated carbocycles. The predicted octanol–water partition coefficient (Wildman–Crippen LogP) is 5.99. The summed E-state index contributed by atoms with van der Waals surface area (Å²) in [6, 6.07) is 22.7. The first-order valence-corrected chi connectivity index (χ1v) is 10.6. The highest BCUT2D eigenvalue weighted by atomic mass is 32.2. The second kappa shape index (κ2) is 8.07. The molecule has 134 valence electrons. The molecule has 1 aromatic heterocycles. The average molecular weight is 391 g/mol. The van der Waals surface area contributed by atoms with Crippen molar-refractivity contribution in [1.29, 1.82) is 0 Å². The van der Waals surface area contributed by atoms with E-state index in [-0.39, 0.29) is 22.7 Å². The van der Waals surface area contributed by atoms with Crippen molar-refractivity contribution in [2.24, 2.45) is 0 Å². The summed E-state index contributed by atoms with van der Waals surface area (Å²) >= 11 is 3.08. The third-order valence-corrected chi connectivity index (χ3v) is 7.07. The molecule has 2 heterocycles. The van der Waals surface area contributed by atoms with Crippen molar-refractivity contribution in [3.63, 3.8) is 0 Å². The third-order valence-electron chi connectivity index (χ3n) is 4.66. The minimum Gasteiger partial charge on any atom is -0.293 e. The van der Waals surface area contributed by atoms with E-state index < -0.39 is 0 Å². The SMILES string of the molecule is O=C(C1=CC[C@@H](c2cccs2)[C@H](C(=O)c2ccccc2)S1)c1ccccc1. The standard InChI is InChI=1S/C23H18O2S2/c24-21(16-8-3-1-4-9-16)20-14-13-18(19-12-7-15-26-19)23(27-20)22(25)17-10-5-2-6-11-17/h1-12,14-15,18,23H,13H2/t18-,23+/m0/s1. The molecule has 0 radical (unpaired) electrons. The van der Waals surface area contributed by atoms with E-state index in [0.29, 0.717) is 22.5 Å². The summed E-state index contributed by atoms with van der Waals surface area (Å²) in [6.45, 7) is 0. The van der Waals surface area contributed by atoms with Crippen LogP contribution in [-0.2, 0) is 0 Å². The van der Waals surface area contributed by atoms with Crippen LogP contribution in [0, 0.1) is 0 Å². The number of carbonyl (C=O) groups excluding carboxylic acids is 2. The molecule has 3 aromatic rings. The Kier molecular flexibility index (Phi) is 5.37. The van der Waals surface area contributed by atoms with E-state index in [0.717, 1.165) is 0 Å². The molecule has 2 atom stereocenters. The van der Waals surface area contributed by atoms with Crippen molar-refractivity contribution in [3.05, 3.63) is 105 Å². The fourth-order valence-corrected chi connectivity index (χ4v) is 5.59. The topological polar surface area (TPSA) is 34.1 Å². The van der Waals surface area contributed by atoms with Crippen LogP contribution < -0.4 is 0 Å². The number of thiophene rings is 1.